The maximum atomic E-state index is 13.3. The summed E-state index contributed by atoms with van der Waals surface area (Å²) in [5.41, 5.74) is 2.37. The number of hydrogen-bond donors (Lipinski definition) is 2. The first kappa shape index (κ1) is 23.0. The molecule has 4 aromatic rings. The first-order chi connectivity index (χ1) is 15.9. The zero-order valence-electron chi connectivity index (χ0n) is 17.0. The number of halogens is 3. The molecule has 3 aromatic carbocycles. The van der Waals surface area contributed by atoms with Crippen molar-refractivity contribution in [3.05, 3.63) is 111 Å². The number of rotatable bonds is 5. The van der Waals surface area contributed by atoms with Crippen molar-refractivity contribution in [2.24, 2.45) is 0 Å². The molecule has 5 nitrogen and oxygen atoms in total. The third-order valence-corrected chi connectivity index (χ3v) is 5.76. The van der Waals surface area contributed by atoms with E-state index in [2.05, 4.69) is 26.3 Å². The molecule has 2 N–H and O–H groups in total. The van der Waals surface area contributed by atoms with Gasteiger partial charge in [0.2, 0.25) is 12.0 Å². The van der Waals surface area contributed by atoms with Crippen molar-refractivity contribution in [2.45, 2.75) is 0 Å². The minimum atomic E-state index is -0.538. The largest absolute Gasteiger partial charge is 0.502 e. The molecule has 0 bridgehead atoms. The number of benzene rings is 3. The molecule has 0 saturated heterocycles. The Bertz CT molecular complexity index is 1320. The topological polar surface area (TPSA) is 66.1 Å². The number of hydrogen-bond acceptors (Lipinski definition) is 3. The lowest BCUT2D eigenvalue weighted by molar-refractivity contribution is -0.641. The van der Waals surface area contributed by atoms with Gasteiger partial charge in [0.05, 0.1) is 0 Å². The van der Waals surface area contributed by atoms with Crippen LogP contribution in [0.5, 0.6) is 0 Å². The van der Waals surface area contributed by atoms with Crippen LogP contribution in [0.1, 0.15) is 5.56 Å². The van der Waals surface area contributed by atoms with Crippen LogP contribution in [0.15, 0.2) is 95.6 Å². The zero-order chi connectivity index (χ0) is 23.4. The van der Waals surface area contributed by atoms with Gasteiger partial charge in [-0.15, -0.1) is 0 Å². The van der Waals surface area contributed by atoms with E-state index in [4.69, 9.17) is 23.2 Å². The van der Waals surface area contributed by atoms with Gasteiger partial charge in [0.1, 0.15) is 5.69 Å². The van der Waals surface area contributed by atoms with E-state index in [-0.39, 0.29) is 11.5 Å². The molecular weight excluding hydrogens is 525 g/mol. The Morgan fingerprint density at radius 3 is 2.12 bits per heavy atom. The minimum Gasteiger partial charge on any atom is -0.502 e. The van der Waals surface area contributed by atoms with E-state index in [0.717, 1.165) is 10.0 Å². The highest BCUT2D eigenvalue weighted by Crippen LogP contribution is 2.22. The molecule has 0 unspecified atom stereocenters. The Labute approximate surface area is 209 Å². The molecule has 0 atom stereocenters. The van der Waals surface area contributed by atoms with Gasteiger partial charge in [0, 0.05) is 42.5 Å². The molecule has 0 aliphatic rings. The lowest BCUT2D eigenvalue weighted by Crippen LogP contribution is -2.43. The van der Waals surface area contributed by atoms with Crippen LogP contribution >= 0.6 is 39.1 Å². The van der Waals surface area contributed by atoms with Crippen LogP contribution in [0, 0.1) is 0 Å². The van der Waals surface area contributed by atoms with Crippen molar-refractivity contribution in [1.29, 1.82) is 0 Å². The molecular formula is C25H17BrCl2N3O2+. The Morgan fingerprint density at radius 1 is 0.879 bits per heavy atom. The Hall–Kier alpha value is -3.19. The predicted octanol–water partition coefficient (Wildman–Crippen LogP) is 6.63. The van der Waals surface area contributed by atoms with Gasteiger partial charge in [-0.05, 0) is 71.4 Å². The number of amides is 1. The van der Waals surface area contributed by atoms with E-state index in [0.29, 0.717) is 27.0 Å². The Balaban J connectivity index is 1.80. The van der Waals surface area contributed by atoms with Crippen LogP contribution in [0.3, 0.4) is 0 Å². The average Bonchev–Trinajstić information content (AvgIpc) is 2.82. The normalized spacial score (nSPS) is 11.6. The second-order valence-electron chi connectivity index (χ2n) is 7.01. The van der Waals surface area contributed by atoms with Crippen molar-refractivity contribution >= 4 is 62.2 Å². The standard InChI is InChI=1S/C25H16BrCl2N3O2/c26-18-7-3-17(4-8-18)24(32)23(25(33)29-21-13-11-20(28)12-14-21)31-15-1-2-22(30-31)16-5-9-19(27)10-6-16/h1-15H,(H-,29,30,32,33)/p+1. The van der Waals surface area contributed by atoms with Gasteiger partial charge in [-0.1, -0.05) is 51.3 Å². The quantitative estimate of drug-likeness (QED) is 0.169. The maximum absolute atomic E-state index is 13.3. The van der Waals surface area contributed by atoms with Crippen molar-refractivity contribution < 1.29 is 14.6 Å². The Morgan fingerprint density at radius 2 is 1.48 bits per heavy atom. The van der Waals surface area contributed by atoms with E-state index < -0.39 is 5.91 Å². The third-order valence-electron chi connectivity index (χ3n) is 4.73. The number of aliphatic hydroxyl groups excluding tert-OH is 1. The molecule has 0 aliphatic heterocycles. The molecule has 8 heteroatoms. The Kier molecular flexibility index (Phi) is 7.08. The predicted molar refractivity (Wildman–Crippen MR) is 135 cm³/mol. The molecule has 33 heavy (non-hydrogen) atoms. The first-order valence-corrected chi connectivity index (χ1v) is 11.4. The number of anilines is 1. The lowest BCUT2D eigenvalue weighted by Gasteiger charge is -2.08. The van der Waals surface area contributed by atoms with Crippen LogP contribution in [0.2, 0.25) is 10.0 Å². The second-order valence-corrected chi connectivity index (χ2v) is 8.80. The third kappa shape index (κ3) is 5.60. The number of aromatic nitrogens is 2. The molecule has 0 fully saturated rings. The fourth-order valence-electron chi connectivity index (χ4n) is 3.09. The van der Waals surface area contributed by atoms with Gasteiger partial charge in [0.25, 0.3) is 0 Å². The molecule has 1 aromatic heterocycles. The van der Waals surface area contributed by atoms with Crippen molar-refractivity contribution in [1.82, 2.24) is 5.10 Å². The van der Waals surface area contributed by atoms with Crippen molar-refractivity contribution in [3.8, 4) is 11.3 Å². The number of nitrogens with one attached hydrogen (secondary N) is 1. The summed E-state index contributed by atoms with van der Waals surface area (Å²) in [7, 11) is 0. The monoisotopic (exact) mass is 540 g/mol. The lowest BCUT2D eigenvalue weighted by atomic mass is 10.1. The van der Waals surface area contributed by atoms with E-state index >= 15 is 0 Å². The number of nitrogens with zero attached hydrogens (tertiary/aromatic N) is 2. The summed E-state index contributed by atoms with van der Waals surface area (Å²) in [5, 5.41) is 19.6. The van der Waals surface area contributed by atoms with Crippen molar-refractivity contribution in [2.75, 3.05) is 5.32 Å². The van der Waals surface area contributed by atoms with Crippen LogP contribution < -0.4 is 10.00 Å². The smallest absolute Gasteiger partial charge is 0.344 e. The van der Waals surface area contributed by atoms with Crippen LogP contribution in [-0.4, -0.2) is 16.1 Å². The number of carbonyl (C=O) groups is 1. The molecule has 0 aliphatic carbocycles. The summed E-state index contributed by atoms with van der Waals surface area (Å²) >= 11 is 15.3. The van der Waals surface area contributed by atoms with Gasteiger partial charge < -0.3 is 10.4 Å². The highest BCUT2D eigenvalue weighted by molar-refractivity contribution is 9.10. The molecule has 1 amide bonds. The van der Waals surface area contributed by atoms with E-state index in [1.807, 2.05) is 18.2 Å². The molecule has 164 valence electrons. The summed E-state index contributed by atoms with van der Waals surface area (Å²) in [6, 6.07) is 24.4. The fourth-order valence-corrected chi connectivity index (χ4v) is 3.60. The number of aliphatic hydroxyl groups is 1. The summed E-state index contributed by atoms with van der Waals surface area (Å²) in [6.45, 7) is 0. The average molecular weight is 542 g/mol. The highest BCUT2D eigenvalue weighted by Gasteiger charge is 2.29. The minimum absolute atomic E-state index is 0.0388. The van der Waals surface area contributed by atoms with Crippen LogP contribution in [-0.2, 0) is 4.79 Å². The first-order valence-electron chi connectivity index (χ1n) is 9.82. The fraction of sp³-hybridized carbons (Fsp3) is 0. The molecule has 1 heterocycles. The zero-order valence-corrected chi connectivity index (χ0v) is 20.1. The van der Waals surface area contributed by atoms with E-state index in [1.165, 1.54) is 4.68 Å². The van der Waals surface area contributed by atoms with Crippen molar-refractivity contribution in [3.63, 3.8) is 0 Å². The molecule has 4 rings (SSSR count). The summed E-state index contributed by atoms with van der Waals surface area (Å²) in [5.74, 6) is -0.761. The van der Waals surface area contributed by atoms with Gasteiger partial charge in [0.15, 0.2) is 0 Å². The van der Waals surface area contributed by atoms with Gasteiger partial charge in [-0.25, -0.2) is 0 Å². The molecule has 0 spiro atoms. The van der Waals surface area contributed by atoms with E-state index in [1.54, 1.807) is 72.9 Å². The summed E-state index contributed by atoms with van der Waals surface area (Å²) in [4.78, 5) is 13.3. The highest BCUT2D eigenvalue weighted by atomic mass is 79.9. The SMILES string of the molecule is O=C(Nc1ccc(Cl)cc1)C(=C(O)c1ccc(Br)cc1)[n+]1cccc(-c2ccc(Cl)cc2)n1. The maximum Gasteiger partial charge on any atom is 0.344 e. The molecule has 0 radical (unpaired) electrons. The second kappa shape index (κ2) is 10.2. The van der Waals surface area contributed by atoms with Crippen LogP contribution in [0.25, 0.3) is 22.7 Å². The van der Waals surface area contributed by atoms with Gasteiger partial charge in [-0.2, -0.15) is 0 Å². The van der Waals surface area contributed by atoms with Crippen LogP contribution in [0.4, 0.5) is 5.69 Å². The van der Waals surface area contributed by atoms with Gasteiger partial charge >= 0.3 is 11.6 Å². The van der Waals surface area contributed by atoms with Gasteiger partial charge in [-0.3, -0.25) is 4.79 Å². The summed E-state index contributed by atoms with van der Waals surface area (Å²) < 4.78 is 2.20. The molecule has 0 saturated carbocycles. The summed E-state index contributed by atoms with van der Waals surface area (Å²) in [6.07, 6.45) is 1.60. The van der Waals surface area contributed by atoms with E-state index in [9.17, 15) is 9.90 Å². The number of carbonyl (C=O) groups excluding carboxylic acids is 1.